The van der Waals surface area contributed by atoms with Crippen molar-refractivity contribution in [1.29, 1.82) is 0 Å². The molecule has 0 aliphatic heterocycles. The standard InChI is InChI=1S/C10H10N2O2/c1-6-4-7-5-8(11)2-3-9(7)12(6)10(13)14/h2-5H,11H2,1H3,(H,13,14). The highest BCUT2D eigenvalue weighted by atomic mass is 16.4. The highest BCUT2D eigenvalue weighted by Crippen LogP contribution is 2.21. The Morgan fingerprint density at radius 3 is 2.79 bits per heavy atom. The van der Waals surface area contributed by atoms with Crippen molar-refractivity contribution in [2.75, 3.05) is 5.73 Å². The van der Waals surface area contributed by atoms with Crippen LogP contribution in [0.5, 0.6) is 0 Å². The van der Waals surface area contributed by atoms with Gasteiger partial charge in [-0.1, -0.05) is 0 Å². The van der Waals surface area contributed by atoms with Crippen molar-refractivity contribution in [3.8, 4) is 0 Å². The lowest BCUT2D eigenvalue weighted by Gasteiger charge is -2.00. The largest absolute Gasteiger partial charge is 0.464 e. The van der Waals surface area contributed by atoms with Gasteiger partial charge in [-0.2, -0.15) is 0 Å². The molecule has 2 aromatic rings. The van der Waals surface area contributed by atoms with Crippen molar-refractivity contribution in [2.45, 2.75) is 6.92 Å². The van der Waals surface area contributed by atoms with Crippen LogP contribution in [-0.2, 0) is 0 Å². The molecule has 0 atom stereocenters. The summed E-state index contributed by atoms with van der Waals surface area (Å²) in [7, 11) is 0. The number of nitrogens with two attached hydrogens (primary N) is 1. The fourth-order valence-corrected chi connectivity index (χ4v) is 1.63. The monoisotopic (exact) mass is 190 g/mol. The van der Waals surface area contributed by atoms with Gasteiger partial charge in [-0.15, -0.1) is 0 Å². The second-order valence-corrected chi connectivity index (χ2v) is 3.22. The van der Waals surface area contributed by atoms with Gasteiger partial charge in [0.05, 0.1) is 5.52 Å². The van der Waals surface area contributed by atoms with E-state index >= 15 is 0 Å². The quantitative estimate of drug-likeness (QED) is 0.625. The Kier molecular flexibility index (Phi) is 1.70. The third kappa shape index (κ3) is 1.12. The number of anilines is 1. The normalized spacial score (nSPS) is 10.6. The van der Waals surface area contributed by atoms with Crippen LogP contribution >= 0.6 is 0 Å². The van der Waals surface area contributed by atoms with E-state index < -0.39 is 6.09 Å². The van der Waals surface area contributed by atoms with Crippen LogP contribution in [0.15, 0.2) is 24.3 Å². The number of carbonyl (C=O) groups is 1. The first-order valence-corrected chi connectivity index (χ1v) is 4.20. The Morgan fingerprint density at radius 1 is 1.43 bits per heavy atom. The second-order valence-electron chi connectivity index (χ2n) is 3.22. The fourth-order valence-electron chi connectivity index (χ4n) is 1.63. The number of fused-ring (bicyclic) bond motifs is 1. The van der Waals surface area contributed by atoms with E-state index in [4.69, 9.17) is 10.8 Å². The molecule has 0 aliphatic rings. The zero-order valence-electron chi connectivity index (χ0n) is 7.69. The zero-order chi connectivity index (χ0) is 10.3. The SMILES string of the molecule is Cc1cc2cc(N)ccc2n1C(=O)O. The van der Waals surface area contributed by atoms with Gasteiger partial charge in [-0.05, 0) is 31.2 Å². The molecular formula is C10H10N2O2. The van der Waals surface area contributed by atoms with Crippen molar-refractivity contribution in [3.05, 3.63) is 30.0 Å². The summed E-state index contributed by atoms with van der Waals surface area (Å²) in [5, 5.41) is 9.81. The molecule has 0 spiro atoms. The average molecular weight is 190 g/mol. The van der Waals surface area contributed by atoms with Crippen LogP contribution in [0.2, 0.25) is 0 Å². The second kappa shape index (κ2) is 2.77. The van der Waals surface area contributed by atoms with E-state index in [2.05, 4.69) is 0 Å². The summed E-state index contributed by atoms with van der Waals surface area (Å²) in [5.74, 6) is 0. The molecule has 1 aromatic carbocycles. The van der Waals surface area contributed by atoms with E-state index in [1.54, 1.807) is 31.2 Å². The molecule has 14 heavy (non-hydrogen) atoms. The summed E-state index contributed by atoms with van der Waals surface area (Å²) >= 11 is 0. The third-order valence-electron chi connectivity index (χ3n) is 2.20. The minimum absolute atomic E-state index is 0.639. The maximum absolute atomic E-state index is 10.9. The van der Waals surface area contributed by atoms with Crippen molar-refractivity contribution in [1.82, 2.24) is 4.57 Å². The minimum Gasteiger partial charge on any atom is -0.464 e. The molecule has 72 valence electrons. The first kappa shape index (κ1) is 8.62. The van der Waals surface area contributed by atoms with Crippen molar-refractivity contribution >= 4 is 22.7 Å². The molecule has 0 fully saturated rings. The number of nitrogens with zero attached hydrogens (tertiary/aromatic N) is 1. The van der Waals surface area contributed by atoms with Gasteiger partial charge in [0.1, 0.15) is 0 Å². The number of nitrogen functional groups attached to an aromatic ring is 1. The fraction of sp³-hybridized carbons (Fsp3) is 0.100. The minimum atomic E-state index is -0.970. The van der Waals surface area contributed by atoms with Gasteiger partial charge >= 0.3 is 6.09 Å². The van der Waals surface area contributed by atoms with E-state index in [1.165, 1.54) is 4.57 Å². The van der Waals surface area contributed by atoms with Gasteiger partial charge in [0, 0.05) is 16.8 Å². The lowest BCUT2D eigenvalue weighted by Crippen LogP contribution is -2.08. The highest BCUT2D eigenvalue weighted by Gasteiger charge is 2.10. The van der Waals surface area contributed by atoms with Gasteiger partial charge in [-0.25, -0.2) is 4.79 Å². The van der Waals surface area contributed by atoms with Crippen molar-refractivity contribution in [2.24, 2.45) is 0 Å². The van der Waals surface area contributed by atoms with Crippen molar-refractivity contribution in [3.63, 3.8) is 0 Å². The number of benzene rings is 1. The van der Waals surface area contributed by atoms with E-state index in [9.17, 15) is 4.79 Å². The van der Waals surface area contributed by atoms with Gasteiger partial charge in [0.15, 0.2) is 0 Å². The molecule has 1 heterocycles. The van der Waals surface area contributed by atoms with Crippen LogP contribution in [0.1, 0.15) is 5.69 Å². The zero-order valence-corrected chi connectivity index (χ0v) is 7.69. The van der Waals surface area contributed by atoms with Crippen LogP contribution < -0.4 is 5.73 Å². The van der Waals surface area contributed by atoms with Crippen LogP contribution in [0.3, 0.4) is 0 Å². The smallest absolute Gasteiger partial charge is 0.416 e. The van der Waals surface area contributed by atoms with E-state index in [0.717, 1.165) is 5.39 Å². The first-order chi connectivity index (χ1) is 6.59. The van der Waals surface area contributed by atoms with Crippen LogP contribution in [0.25, 0.3) is 10.9 Å². The molecule has 3 N–H and O–H groups in total. The molecule has 4 nitrogen and oxygen atoms in total. The third-order valence-corrected chi connectivity index (χ3v) is 2.20. The molecule has 0 saturated heterocycles. The summed E-state index contributed by atoms with van der Waals surface area (Å²) in [4.78, 5) is 10.9. The predicted octanol–water partition coefficient (Wildman–Crippen LogP) is 2.06. The summed E-state index contributed by atoms with van der Waals surface area (Å²) < 4.78 is 1.24. The van der Waals surface area contributed by atoms with Crippen LogP contribution in [0, 0.1) is 6.92 Å². The number of carboxylic acid groups (broad SMARTS) is 1. The van der Waals surface area contributed by atoms with E-state index in [0.29, 0.717) is 16.9 Å². The Balaban J connectivity index is 2.84. The Bertz CT molecular complexity index is 514. The molecule has 0 saturated carbocycles. The Labute approximate surface area is 80.6 Å². The molecule has 0 amide bonds. The van der Waals surface area contributed by atoms with Gasteiger partial charge in [-0.3, -0.25) is 4.57 Å². The molecule has 2 rings (SSSR count). The Hall–Kier alpha value is -1.97. The number of rotatable bonds is 0. The predicted molar refractivity (Wildman–Crippen MR) is 54.5 cm³/mol. The van der Waals surface area contributed by atoms with Gasteiger partial charge in [0.2, 0.25) is 0 Å². The van der Waals surface area contributed by atoms with Gasteiger partial charge in [0.25, 0.3) is 0 Å². The number of hydrogen-bond acceptors (Lipinski definition) is 2. The average Bonchev–Trinajstić information content (AvgIpc) is 2.39. The van der Waals surface area contributed by atoms with Gasteiger partial charge < -0.3 is 10.8 Å². The van der Waals surface area contributed by atoms with Crippen LogP contribution in [-0.4, -0.2) is 15.8 Å². The maximum Gasteiger partial charge on any atom is 0.416 e. The molecule has 0 unspecified atom stereocenters. The number of aromatic nitrogens is 1. The molecule has 0 radical (unpaired) electrons. The lowest BCUT2D eigenvalue weighted by molar-refractivity contribution is 0.197. The molecule has 0 bridgehead atoms. The molecular weight excluding hydrogens is 180 g/mol. The molecule has 1 aromatic heterocycles. The number of hydrogen-bond donors (Lipinski definition) is 2. The maximum atomic E-state index is 10.9. The molecule has 4 heteroatoms. The summed E-state index contributed by atoms with van der Waals surface area (Å²) in [6.45, 7) is 1.75. The van der Waals surface area contributed by atoms with Crippen molar-refractivity contribution < 1.29 is 9.90 Å². The highest BCUT2D eigenvalue weighted by molar-refractivity contribution is 5.91. The number of aryl methyl sites for hydroxylation is 1. The summed E-state index contributed by atoms with van der Waals surface area (Å²) in [6, 6.07) is 6.98. The first-order valence-electron chi connectivity index (χ1n) is 4.20. The summed E-state index contributed by atoms with van der Waals surface area (Å²) in [6.07, 6.45) is -0.970. The summed E-state index contributed by atoms with van der Waals surface area (Å²) in [5.41, 5.74) is 7.60. The molecule has 0 aliphatic carbocycles. The van der Waals surface area contributed by atoms with Crippen LogP contribution in [0.4, 0.5) is 10.5 Å². The topological polar surface area (TPSA) is 68.2 Å². The Morgan fingerprint density at radius 2 is 2.14 bits per heavy atom. The van der Waals surface area contributed by atoms with E-state index in [1.807, 2.05) is 0 Å². The van der Waals surface area contributed by atoms with E-state index in [-0.39, 0.29) is 0 Å². The lowest BCUT2D eigenvalue weighted by atomic mass is 10.2.